The molecule has 4 nitrogen and oxygen atoms in total. The van der Waals surface area contributed by atoms with Gasteiger partial charge in [0.15, 0.2) is 11.6 Å². The second kappa shape index (κ2) is 5.76. The first-order valence-corrected chi connectivity index (χ1v) is 7.39. The number of hydrogen-bond acceptors (Lipinski definition) is 4. The van der Waals surface area contributed by atoms with Crippen molar-refractivity contribution in [3.05, 3.63) is 33.9 Å². The van der Waals surface area contributed by atoms with Gasteiger partial charge in [0.25, 0.3) is 0 Å². The third-order valence-corrected chi connectivity index (χ3v) is 4.37. The fourth-order valence-corrected chi connectivity index (χ4v) is 2.98. The van der Waals surface area contributed by atoms with Gasteiger partial charge < -0.3 is 9.84 Å². The lowest BCUT2D eigenvalue weighted by molar-refractivity contribution is -0.127. The molecule has 0 saturated heterocycles. The molecule has 0 bridgehead atoms. The third-order valence-electron chi connectivity index (χ3n) is 3.88. The number of carbonyl (C=O) groups is 2. The number of ether oxygens (including phenoxy) is 1. The molecule has 1 aromatic rings. The van der Waals surface area contributed by atoms with Crippen molar-refractivity contribution in [2.75, 3.05) is 7.11 Å². The van der Waals surface area contributed by atoms with E-state index in [-0.39, 0.29) is 51.7 Å². The third kappa shape index (κ3) is 2.88. The number of rotatable bonds is 2. The van der Waals surface area contributed by atoms with Crippen molar-refractivity contribution in [2.45, 2.75) is 33.6 Å². The predicted molar refractivity (Wildman–Crippen MR) is 85.3 cm³/mol. The first kappa shape index (κ1) is 16.6. The number of halogens is 1. The van der Waals surface area contributed by atoms with E-state index in [9.17, 15) is 14.7 Å². The summed E-state index contributed by atoms with van der Waals surface area (Å²) in [6.45, 7) is 5.47. The van der Waals surface area contributed by atoms with Crippen molar-refractivity contribution >= 4 is 28.9 Å². The zero-order valence-electron chi connectivity index (χ0n) is 13.1. The van der Waals surface area contributed by atoms with E-state index in [2.05, 4.69) is 0 Å². The minimum absolute atomic E-state index is 0.147. The summed E-state index contributed by atoms with van der Waals surface area (Å²) in [6.07, 6.45) is 0.454. The Morgan fingerprint density at radius 3 is 2.27 bits per heavy atom. The number of Topliss-reactive ketones (excluding diaryl/α,β-unsaturated/α-hetero) is 2. The molecule has 1 fully saturated rings. The molecule has 0 radical (unpaired) electrons. The molecule has 1 N–H and O–H groups in total. The Labute approximate surface area is 134 Å². The Bertz CT molecular complexity index is 664. The minimum atomic E-state index is -0.377. The fourth-order valence-electron chi connectivity index (χ4n) is 2.73. The number of hydrogen-bond donors (Lipinski definition) is 1. The lowest BCUT2D eigenvalue weighted by atomic mass is 9.73. The molecular weight excluding hydrogens is 304 g/mol. The first-order valence-electron chi connectivity index (χ1n) is 7.01. The van der Waals surface area contributed by atoms with E-state index in [4.69, 9.17) is 16.3 Å². The summed E-state index contributed by atoms with van der Waals surface area (Å²) in [5.74, 6) is -0.457. The van der Waals surface area contributed by atoms with Crippen LogP contribution in [0.4, 0.5) is 0 Å². The Balaban J connectivity index is 2.55. The molecule has 0 atom stereocenters. The summed E-state index contributed by atoms with van der Waals surface area (Å²) < 4.78 is 5.16. The molecule has 0 amide bonds. The molecule has 1 aliphatic carbocycles. The number of methoxy groups -OCH3 is 1. The number of aliphatic hydroxyl groups is 1. The minimum Gasteiger partial charge on any atom is -0.506 e. The van der Waals surface area contributed by atoms with Crippen LogP contribution in [-0.2, 0) is 9.59 Å². The van der Waals surface area contributed by atoms with Gasteiger partial charge in [0.2, 0.25) is 0 Å². The zero-order valence-corrected chi connectivity index (χ0v) is 13.9. The van der Waals surface area contributed by atoms with Crippen molar-refractivity contribution < 1.29 is 19.4 Å². The van der Waals surface area contributed by atoms with E-state index in [1.165, 1.54) is 7.11 Å². The molecule has 118 valence electrons. The Kier molecular flexibility index (Phi) is 4.34. The summed E-state index contributed by atoms with van der Waals surface area (Å²) in [5, 5.41) is 10.7. The zero-order chi connectivity index (χ0) is 16.7. The van der Waals surface area contributed by atoms with Crippen LogP contribution in [0, 0.1) is 12.3 Å². The van der Waals surface area contributed by atoms with Crippen molar-refractivity contribution in [1.82, 2.24) is 0 Å². The van der Waals surface area contributed by atoms with Crippen LogP contribution in [0.3, 0.4) is 0 Å². The molecule has 1 aromatic carbocycles. The van der Waals surface area contributed by atoms with Crippen LogP contribution in [0.5, 0.6) is 5.75 Å². The van der Waals surface area contributed by atoms with Gasteiger partial charge in [-0.1, -0.05) is 25.4 Å². The molecule has 22 heavy (non-hydrogen) atoms. The molecule has 0 spiro atoms. The normalized spacial score (nSPS) is 17.6. The van der Waals surface area contributed by atoms with Crippen LogP contribution in [0.1, 0.15) is 37.8 Å². The quantitative estimate of drug-likeness (QED) is 0.510. The molecule has 1 saturated carbocycles. The number of allylic oxidation sites excluding steroid dienone is 1. The Morgan fingerprint density at radius 1 is 1.23 bits per heavy atom. The van der Waals surface area contributed by atoms with E-state index in [0.29, 0.717) is 11.3 Å². The van der Waals surface area contributed by atoms with Gasteiger partial charge >= 0.3 is 0 Å². The molecule has 5 heteroatoms. The van der Waals surface area contributed by atoms with E-state index in [1.807, 2.05) is 13.8 Å². The van der Waals surface area contributed by atoms with E-state index in [1.54, 1.807) is 19.1 Å². The number of aliphatic hydroxyl groups excluding tert-OH is 1. The predicted octanol–water partition coefficient (Wildman–Crippen LogP) is 3.88. The summed E-state index contributed by atoms with van der Waals surface area (Å²) in [7, 11) is 1.52. The van der Waals surface area contributed by atoms with Gasteiger partial charge in [0.1, 0.15) is 17.1 Å². The molecule has 0 aromatic heterocycles. The highest BCUT2D eigenvalue weighted by Crippen LogP contribution is 2.38. The molecule has 1 aliphatic rings. The van der Waals surface area contributed by atoms with Crippen molar-refractivity contribution in [3.63, 3.8) is 0 Å². The molecule has 0 heterocycles. The number of benzene rings is 1. The highest BCUT2D eigenvalue weighted by Gasteiger charge is 2.38. The summed E-state index contributed by atoms with van der Waals surface area (Å²) in [6, 6.07) is 3.20. The van der Waals surface area contributed by atoms with Crippen LogP contribution < -0.4 is 4.74 Å². The Morgan fingerprint density at radius 2 is 1.77 bits per heavy atom. The maximum Gasteiger partial charge on any atom is 0.170 e. The topological polar surface area (TPSA) is 63.6 Å². The van der Waals surface area contributed by atoms with Crippen LogP contribution in [0.25, 0.3) is 5.76 Å². The van der Waals surface area contributed by atoms with Crippen LogP contribution in [0.15, 0.2) is 17.7 Å². The second-order valence-electron chi connectivity index (χ2n) is 6.34. The lowest BCUT2D eigenvalue weighted by Gasteiger charge is -2.29. The lowest BCUT2D eigenvalue weighted by Crippen LogP contribution is -2.32. The van der Waals surface area contributed by atoms with Gasteiger partial charge in [-0.05, 0) is 24.5 Å². The monoisotopic (exact) mass is 322 g/mol. The van der Waals surface area contributed by atoms with Crippen molar-refractivity contribution in [1.29, 1.82) is 0 Å². The van der Waals surface area contributed by atoms with Crippen molar-refractivity contribution in [3.8, 4) is 5.75 Å². The highest BCUT2D eigenvalue weighted by atomic mass is 35.5. The van der Waals surface area contributed by atoms with Crippen LogP contribution in [-0.4, -0.2) is 23.8 Å². The van der Waals surface area contributed by atoms with Gasteiger partial charge in [-0.25, -0.2) is 0 Å². The van der Waals surface area contributed by atoms with Gasteiger partial charge in [-0.3, -0.25) is 9.59 Å². The van der Waals surface area contributed by atoms with Crippen LogP contribution >= 0.6 is 11.6 Å². The summed E-state index contributed by atoms with van der Waals surface area (Å²) in [5.41, 5.74) is 0.393. The number of ketones is 2. The van der Waals surface area contributed by atoms with Gasteiger partial charge in [0, 0.05) is 24.0 Å². The second-order valence-corrected chi connectivity index (χ2v) is 6.72. The molecular formula is C17H19ClO4. The molecule has 0 aliphatic heterocycles. The summed E-state index contributed by atoms with van der Waals surface area (Å²) >= 11 is 6.25. The van der Waals surface area contributed by atoms with E-state index >= 15 is 0 Å². The largest absolute Gasteiger partial charge is 0.506 e. The molecule has 2 rings (SSSR count). The maximum atomic E-state index is 12.2. The SMILES string of the molecule is COc1ccc(C(O)=C2C(=O)CC(C)(C)CC2=O)c(Cl)c1C. The van der Waals surface area contributed by atoms with E-state index in [0.717, 1.165) is 0 Å². The van der Waals surface area contributed by atoms with Gasteiger partial charge in [-0.15, -0.1) is 0 Å². The van der Waals surface area contributed by atoms with Crippen LogP contribution in [0.2, 0.25) is 5.02 Å². The van der Waals surface area contributed by atoms with Crippen molar-refractivity contribution in [2.24, 2.45) is 5.41 Å². The molecule has 0 unspecified atom stereocenters. The average Bonchev–Trinajstić information content (AvgIpc) is 2.39. The average molecular weight is 323 g/mol. The van der Waals surface area contributed by atoms with Gasteiger partial charge in [0.05, 0.1) is 12.1 Å². The van der Waals surface area contributed by atoms with Gasteiger partial charge in [-0.2, -0.15) is 0 Å². The highest BCUT2D eigenvalue weighted by molar-refractivity contribution is 6.34. The Hall–Kier alpha value is -1.81. The smallest absolute Gasteiger partial charge is 0.170 e. The number of carbonyl (C=O) groups excluding carboxylic acids is 2. The maximum absolute atomic E-state index is 12.2. The summed E-state index contributed by atoms with van der Waals surface area (Å²) in [4.78, 5) is 24.5. The first-order chi connectivity index (χ1) is 10.2. The van der Waals surface area contributed by atoms with E-state index < -0.39 is 0 Å². The fraction of sp³-hybridized carbons (Fsp3) is 0.412. The standard InChI is InChI=1S/C17H19ClO4/c1-9-13(22-4)6-5-10(15(9)18)16(21)14-11(19)7-17(2,3)8-12(14)20/h5-6,21H,7-8H2,1-4H3.